The molecule has 9 heteroatoms. The zero-order valence-electron chi connectivity index (χ0n) is 15.1. The molecule has 0 spiro atoms. The van der Waals surface area contributed by atoms with Crippen LogP contribution in [0.1, 0.15) is 16.1 Å². The number of alkyl halides is 3. The maximum atomic E-state index is 12.9. The Bertz CT molecular complexity index is 1190. The highest BCUT2D eigenvalue weighted by Gasteiger charge is 2.34. The zero-order valence-corrected chi connectivity index (χ0v) is 15.1. The third-order valence-electron chi connectivity index (χ3n) is 4.42. The summed E-state index contributed by atoms with van der Waals surface area (Å²) in [6.07, 6.45) is -4.56. The first-order valence-corrected chi connectivity index (χ1v) is 8.53. The Labute approximate surface area is 162 Å². The van der Waals surface area contributed by atoms with Gasteiger partial charge in [-0.3, -0.25) is 14.8 Å². The number of nitrogens with one attached hydrogen (secondary N) is 1. The third-order valence-corrected chi connectivity index (χ3v) is 4.42. The smallest absolute Gasteiger partial charge is 0.435 e. The molecule has 2 aromatic carbocycles. The van der Waals surface area contributed by atoms with E-state index < -0.39 is 17.8 Å². The quantitative estimate of drug-likeness (QED) is 0.489. The lowest BCUT2D eigenvalue weighted by Crippen LogP contribution is -2.12. The lowest BCUT2D eigenvalue weighted by atomic mass is 10.1. The van der Waals surface area contributed by atoms with Crippen LogP contribution in [0, 0.1) is 0 Å². The van der Waals surface area contributed by atoms with Crippen LogP contribution >= 0.6 is 0 Å². The van der Waals surface area contributed by atoms with E-state index in [2.05, 4.69) is 10.4 Å². The van der Waals surface area contributed by atoms with Crippen LogP contribution in [0.2, 0.25) is 0 Å². The minimum atomic E-state index is -4.56. The molecule has 0 atom stereocenters. The molecule has 0 saturated carbocycles. The van der Waals surface area contributed by atoms with Gasteiger partial charge >= 0.3 is 6.18 Å². The number of anilines is 2. The Morgan fingerprint density at radius 2 is 1.90 bits per heavy atom. The first kappa shape index (κ1) is 18.6. The summed E-state index contributed by atoms with van der Waals surface area (Å²) in [5.41, 5.74) is 6.56. The van der Waals surface area contributed by atoms with Crippen molar-refractivity contribution in [3.63, 3.8) is 0 Å². The van der Waals surface area contributed by atoms with Crippen LogP contribution in [0.4, 0.5) is 24.7 Å². The molecule has 0 aliphatic heterocycles. The predicted octanol–water partition coefficient (Wildman–Crippen LogP) is 4.69. The highest BCUT2D eigenvalue weighted by atomic mass is 19.4. The fourth-order valence-corrected chi connectivity index (χ4v) is 3.02. The molecule has 0 aliphatic rings. The van der Waals surface area contributed by atoms with E-state index in [1.165, 1.54) is 25.2 Å². The molecule has 4 aromatic rings. The zero-order chi connectivity index (χ0) is 20.8. The maximum absolute atomic E-state index is 12.9. The second-order valence-corrected chi connectivity index (χ2v) is 6.44. The van der Waals surface area contributed by atoms with Gasteiger partial charge in [-0.25, -0.2) is 0 Å². The fourth-order valence-electron chi connectivity index (χ4n) is 3.02. The van der Waals surface area contributed by atoms with E-state index in [-0.39, 0.29) is 22.8 Å². The van der Waals surface area contributed by atoms with E-state index >= 15 is 0 Å². The van der Waals surface area contributed by atoms with Gasteiger partial charge in [0.05, 0.1) is 5.69 Å². The lowest BCUT2D eigenvalue weighted by Gasteiger charge is -2.08. The van der Waals surface area contributed by atoms with Crippen LogP contribution in [0.3, 0.4) is 0 Å². The number of halogens is 3. The van der Waals surface area contributed by atoms with Gasteiger partial charge in [-0.15, -0.1) is 0 Å². The number of benzene rings is 2. The Balaban J connectivity index is 1.60. The number of aromatic nitrogens is 2. The number of carbonyl (C=O) groups is 1. The van der Waals surface area contributed by atoms with E-state index in [0.717, 1.165) is 16.1 Å². The topological polar surface area (TPSA) is 86.1 Å². The van der Waals surface area contributed by atoms with Crippen LogP contribution in [-0.4, -0.2) is 15.7 Å². The van der Waals surface area contributed by atoms with Crippen LogP contribution in [0.5, 0.6) is 0 Å². The van der Waals surface area contributed by atoms with Crippen molar-refractivity contribution in [2.24, 2.45) is 7.05 Å². The molecule has 2 heterocycles. The fraction of sp³-hybridized carbons (Fsp3) is 0.100. The Morgan fingerprint density at radius 3 is 2.55 bits per heavy atom. The van der Waals surface area contributed by atoms with Crippen molar-refractivity contribution in [1.82, 2.24) is 9.78 Å². The van der Waals surface area contributed by atoms with E-state index in [1.54, 1.807) is 12.1 Å². The largest absolute Gasteiger partial charge is 0.440 e. The number of rotatable bonds is 3. The molecule has 0 radical (unpaired) electrons. The summed E-state index contributed by atoms with van der Waals surface area (Å²) in [5, 5.41) is 6.96. The summed E-state index contributed by atoms with van der Waals surface area (Å²) in [6, 6.07) is 14.3. The highest BCUT2D eigenvalue weighted by molar-refractivity contribution is 6.05. The number of nitrogen functional groups attached to an aromatic ring is 1. The molecule has 3 N–H and O–H groups in total. The van der Waals surface area contributed by atoms with Gasteiger partial charge in [-0.1, -0.05) is 18.2 Å². The number of carbonyl (C=O) groups excluding carboxylic acids is 1. The van der Waals surface area contributed by atoms with Crippen molar-refractivity contribution in [2.45, 2.75) is 6.18 Å². The number of nitrogens with two attached hydrogens (primary N) is 1. The van der Waals surface area contributed by atoms with E-state index in [4.69, 9.17) is 10.2 Å². The van der Waals surface area contributed by atoms with Gasteiger partial charge in [0.15, 0.2) is 5.69 Å². The van der Waals surface area contributed by atoms with Crippen molar-refractivity contribution in [3.05, 3.63) is 65.9 Å². The molecule has 6 nitrogen and oxygen atoms in total. The number of hydrogen-bond donors (Lipinski definition) is 2. The number of amides is 1. The summed E-state index contributed by atoms with van der Waals surface area (Å²) < 4.78 is 45.3. The third kappa shape index (κ3) is 3.54. The van der Waals surface area contributed by atoms with Crippen LogP contribution in [0.25, 0.3) is 22.2 Å². The molecule has 148 valence electrons. The molecule has 29 heavy (non-hydrogen) atoms. The molecule has 2 aromatic heterocycles. The monoisotopic (exact) mass is 400 g/mol. The van der Waals surface area contributed by atoms with Crippen molar-refractivity contribution in [2.75, 3.05) is 11.1 Å². The van der Waals surface area contributed by atoms with E-state index in [9.17, 15) is 18.0 Å². The molecule has 0 unspecified atom stereocenters. The van der Waals surface area contributed by atoms with Gasteiger partial charge in [0, 0.05) is 35.3 Å². The van der Waals surface area contributed by atoms with Crippen molar-refractivity contribution in [1.29, 1.82) is 0 Å². The van der Waals surface area contributed by atoms with Crippen LogP contribution in [-0.2, 0) is 13.2 Å². The Morgan fingerprint density at radius 1 is 1.14 bits per heavy atom. The number of fused-ring (bicyclic) bond motifs is 1. The summed E-state index contributed by atoms with van der Waals surface area (Å²) in [4.78, 5) is 12.5. The lowest BCUT2D eigenvalue weighted by molar-refractivity contribution is -0.141. The summed E-state index contributed by atoms with van der Waals surface area (Å²) in [7, 11) is 1.40. The van der Waals surface area contributed by atoms with Gasteiger partial charge in [0.1, 0.15) is 5.58 Å². The summed E-state index contributed by atoms with van der Waals surface area (Å²) in [6.45, 7) is 0. The molecule has 0 aliphatic carbocycles. The van der Waals surface area contributed by atoms with Gasteiger partial charge in [0.25, 0.3) is 5.91 Å². The number of hydrogen-bond acceptors (Lipinski definition) is 4. The number of para-hydroxylation sites is 1. The van der Waals surface area contributed by atoms with Gasteiger partial charge in [-0.05, 0) is 30.3 Å². The first-order valence-electron chi connectivity index (χ1n) is 8.53. The van der Waals surface area contributed by atoms with E-state index in [1.807, 2.05) is 18.2 Å². The minimum absolute atomic E-state index is 0.152. The molecule has 4 rings (SSSR count). The molecule has 0 fully saturated rings. The Kier molecular flexibility index (Phi) is 4.30. The van der Waals surface area contributed by atoms with Crippen molar-refractivity contribution >= 4 is 28.4 Å². The van der Waals surface area contributed by atoms with Crippen LogP contribution < -0.4 is 11.1 Å². The molecule has 0 bridgehead atoms. The number of aryl methyl sites for hydroxylation is 1. The second-order valence-electron chi connectivity index (χ2n) is 6.44. The SMILES string of the molecule is Cn1nc(C(F)(F)F)cc1-c1ccc(C(=O)Nc2cc3ccccc3o2)cc1N. The average molecular weight is 400 g/mol. The van der Waals surface area contributed by atoms with Gasteiger partial charge < -0.3 is 10.2 Å². The molecule has 1 amide bonds. The molecule has 0 saturated heterocycles. The summed E-state index contributed by atoms with van der Waals surface area (Å²) >= 11 is 0. The molecular weight excluding hydrogens is 385 g/mol. The normalized spacial score (nSPS) is 11.7. The Hall–Kier alpha value is -3.75. The number of furan rings is 1. The molecular formula is C20H15F3N4O2. The van der Waals surface area contributed by atoms with Crippen molar-refractivity contribution in [3.8, 4) is 11.3 Å². The standard InChI is InChI=1S/C20H15F3N4O2/c1-27-15(10-17(26-27)20(21,22)23)13-7-6-12(8-14(13)24)19(28)25-18-9-11-4-2-3-5-16(11)29-18/h2-10H,24H2,1H3,(H,25,28). The van der Waals surface area contributed by atoms with Crippen molar-refractivity contribution < 1.29 is 22.4 Å². The maximum Gasteiger partial charge on any atom is 0.435 e. The van der Waals surface area contributed by atoms with Crippen LogP contribution in [0.15, 0.2) is 59.0 Å². The van der Waals surface area contributed by atoms with Gasteiger partial charge in [0.2, 0.25) is 5.88 Å². The average Bonchev–Trinajstić information content (AvgIpc) is 3.24. The summed E-state index contributed by atoms with van der Waals surface area (Å²) in [5.74, 6) is -0.177. The highest BCUT2D eigenvalue weighted by Crippen LogP contribution is 2.33. The first-order chi connectivity index (χ1) is 13.7. The van der Waals surface area contributed by atoms with E-state index in [0.29, 0.717) is 11.1 Å². The minimum Gasteiger partial charge on any atom is -0.440 e. The van der Waals surface area contributed by atoms with Gasteiger partial charge in [-0.2, -0.15) is 18.3 Å². The number of nitrogens with zero attached hydrogens (tertiary/aromatic N) is 2. The second kappa shape index (κ2) is 6.69. The predicted molar refractivity (Wildman–Crippen MR) is 102 cm³/mol.